The lowest BCUT2D eigenvalue weighted by atomic mass is 9.98. The summed E-state index contributed by atoms with van der Waals surface area (Å²) >= 11 is 1.24. The first kappa shape index (κ1) is 33.7. The topological polar surface area (TPSA) is 89.3 Å². The van der Waals surface area contributed by atoms with Crippen molar-refractivity contribution < 1.29 is 32.9 Å². The first-order valence-electron chi connectivity index (χ1n) is 16.6. The fourth-order valence-electron chi connectivity index (χ4n) is 5.79. The number of fused-ring (bicyclic) bond motifs is 1. The smallest absolute Gasteiger partial charge is 0.338 e. The average molecular weight is 688 g/mol. The molecular weight excluding hydrogens is 651 g/mol. The summed E-state index contributed by atoms with van der Waals surface area (Å²) < 4.78 is 38.9. The second kappa shape index (κ2) is 16.8. The van der Waals surface area contributed by atoms with E-state index >= 15 is 0 Å². The van der Waals surface area contributed by atoms with Gasteiger partial charge in [0.2, 0.25) is 0 Å². The molecule has 1 saturated heterocycles. The molecule has 6 aromatic rings. The van der Waals surface area contributed by atoms with Gasteiger partial charge in [0, 0.05) is 0 Å². The van der Waals surface area contributed by atoms with Crippen molar-refractivity contribution in [2.45, 2.75) is 54.9 Å². The van der Waals surface area contributed by atoms with Crippen LogP contribution >= 0.6 is 11.8 Å². The minimum Gasteiger partial charge on any atom is -0.452 e. The number of hydrogen-bond acceptors (Lipinski definition) is 9. The Kier molecular flexibility index (Phi) is 11.3. The first-order valence-corrected chi connectivity index (χ1v) is 17.4. The number of carbonyl (C=O) groups is 1. The Morgan fingerprint density at radius 1 is 0.620 bits per heavy atom. The minimum atomic E-state index is -0.919. The zero-order chi connectivity index (χ0) is 34.0. The van der Waals surface area contributed by atoms with Gasteiger partial charge in [-0.25, -0.2) is 9.78 Å². The molecule has 2 heterocycles. The number of benzene rings is 5. The van der Waals surface area contributed by atoms with Gasteiger partial charge in [-0.2, -0.15) is 0 Å². The summed E-state index contributed by atoms with van der Waals surface area (Å²) in [6.45, 7) is 1.13. The molecule has 0 unspecified atom stereocenters. The highest BCUT2D eigenvalue weighted by atomic mass is 32.2. The summed E-state index contributed by atoms with van der Waals surface area (Å²) in [6.07, 6.45) is -2.95. The molecule has 254 valence electrons. The standard InChI is InChI=1S/C41H37NO7S/c43-39(32-21-11-4-12-22-32)49-38-37(46-27-31-19-9-3-10-20-31)36(45-26-30-17-7-2-8-18-30)35(28-44-25-29-15-5-1-6-16-29)47-40(38)50-41-42-33-23-13-14-24-34(33)48-41/h1-24,35-38,40H,25-28H2/t35-,36-,37+,38+,40-/m1/s1. The van der Waals surface area contributed by atoms with E-state index < -0.39 is 35.8 Å². The van der Waals surface area contributed by atoms with Gasteiger partial charge in [-0.05, 0) is 52.7 Å². The molecule has 5 atom stereocenters. The van der Waals surface area contributed by atoms with Crippen molar-refractivity contribution in [1.29, 1.82) is 0 Å². The highest BCUT2D eigenvalue weighted by Gasteiger charge is 2.50. The molecule has 0 saturated carbocycles. The van der Waals surface area contributed by atoms with Gasteiger partial charge in [-0.15, -0.1) is 0 Å². The van der Waals surface area contributed by atoms with E-state index in [1.165, 1.54) is 11.8 Å². The van der Waals surface area contributed by atoms with Gasteiger partial charge in [0.05, 0.1) is 32.0 Å². The number of hydrogen-bond donors (Lipinski definition) is 0. The lowest BCUT2D eigenvalue weighted by molar-refractivity contribution is -0.242. The maximum Gasteiger partial charge on any atom is 0.338 e. The van der Waals surface area contributed by atoms with Gasteiger partial charge >= 0.3 is 5.97 Å². The number of thioether (sulfide) groups is 1. The average Bonchev–Trinajstić information content (AvgIpc) is 3.58. The number of esters is 1. The number of oxazole rings is 1. The van der Waals surface area contributed by atoms with Crippen LogP contribution in [0.1, 0.15) is 27.0 Å². The monoisotopic (exact) mass is 687 g/mol. The Hall–Kier alpha value is -4.77. The van der Waals surface area contributed by atoms with Gasteiger partial charge < -0.3 is 28.1 Å². The minimum absolute atomic E-state index is 0.198. The van der Waals surface area contributed by atoms with E-state index in [1.807, 2.05) is 121 Å². The van der Waals surface area contributed by atoms with Crippen molar-refractivity contribution in [2.24, 2.45) is 0 Å². The number of nitrogens with zero attached hydrogens (tertiary/aromatic N) is 1. The number of carbonyl (C=O) groups excluding carboxylic acids is 1. The summed E-state index contributed by atoms with van der Waals surface area (Å²) in [5, 5.41) is 0.381. The van der Waals surface area contributed by atoms with E-state index in [-0.39, 0.29) is 19.8 Å². The molecule has 0 radical (unpaired) electrons. The maximum absolute atomic E-state index is 13.7. The predicted octanol–water partition coefficient (Wildman–Crippen LogP) is 8.26. The molecule has 0 N–H and O–H groups in total. The van der Waals surface area contributed by atoms with Crippen molar-refractivity contribution >= 4 is 28.8 Å². The van der Waals surface area contributed by atoms with Crippen molar-refractivity contribution in [1.82, 2.24) is 4.98 Å². The van der Waals surface area contributed by atoms with Crippen LogP contribution in [0, 0.1) is 0 Å². The molecule has 1 aliphatic rings. The van der Waals surface area contributed by atoms with Gasteiger partial charge in [0.1, 0.15) is 23.8 Å². The van der Waals surface area contributed by atoms with Crippen molar-refractivity contribution in [2.75, 3.05) is 6.61 Å². The molecule has 5 aromatic carbocycles. The summed E-state index contributed by atoms with van der Waals surface area (Å²) in [6, 6.07) is 46.2. The van der Waals surface area contributed by atoms with Crippen LogP contribution < -0.4 is 0 Å². The third kappa shape index (κ3) is 8.68. The Morgan fingerprint density at radius 3 is 1.78 bits per heavy atom. The fourth-order valence-corrected chi connectivity index (χ4v) is 6.82. The van der Waals surface area contributed by atoms with Crippen LogP contribution in [-0.4, -0.2) is 47.4 Å². The molecular formula is C41H37NO7S. The van der Waals surface area contributed by atoms with Crippen LogP contribution in [0.5, 0.6) is 0 Å². The molecule has 8 nitrogen and oxygen atoms in total. The van der Waals surface area contributed by atoms with Crippen LogP contribution in [0.2, 0.25) is 0 Å². The molecule has 0 spiro atoms. The van der Waals surface area contributed by atoms with E-state index in [4.69, 9.17) is 33.1 Å². The van der Waals surface area contributed by atoms with Gasteiger partial charge in [-0.3, -0.25) is 0 Å². The van der Waals surface area contributed by atoms with Crippen molar-refractivity contribution in [3.8, 4) is 0 Å². The Balaban J connectivity index is 1.24. The maximum atomic E-state index is 13.7. The highest BCUT2D eigenvalue weighted by Crippen LogP contribution is 2.39. The Labute approximate surface area is 295 Å². The van der Waals surface area contributed by atoms with Crippen LogP contribution in [0.3, 0.4) is 0 Å². The van der Waals surface area contributed by atoms with Crippen molar-refractivity contribution in [3.63, 3.8) is 0 Å². The number of rotatable bonds is 14. The predicted molar refractivity (Wildman–Crippen MR) is 190 cm³/mol. The van der Waals surface area contributed by atoms with Crippen LogP contribution in [0.4, 0.5) is 0 Å². The summed E-state index contributed by atoms with van der Waals surface area (Å²) in [4.78, 5) is 18.4. The number of ether oxygens (including phenoxy) is 5. The Morgan fingerprint density at radius 2 is 1.16 bits per heavy atom. The number of para-hydroxylation sites is 2. The molecule has 1 fully saturated rings. The van der Waals surface area contributed by atoms with E-state index in [0.717, 1.165) is 16.7 Å². The summed E-state index contributed by atoms with van der Waals surface area (Å²) in [5.74, 6) is -0.503. The van der Waals surface area contributed by atoms with E-state index in [9.17, 15) is 4.79 Å². The molecule has 1 aromatic heterocycles. The molecule has 0 aliphatic carbocycles. The molecule has 9 heteroatoms. The molecule has 1 aliphatic heterocycles. The largest absolute Gasteiger partial charge is 0.452 e. The number of aromatic nitrogens is 1. The van der Waals surface area contributed by atoms with E-state index in [2.05, 4.69) is 0 Å². The summed E-state index contributed by atoms with van der Waals surface area (Å²) in [5.41, 5.74) is 3.98. The van der Waals surface area contributed by atoms with Gasteiger partial charge in [0.15, 0.2) is 17.1 Å². The second-order valence-corrected chi connectivity index (χ2v) is 12.9. The molecule has 0 bridgehead atoms. The quantitative estimate of drug-likeness (QED) is 0.105. The van der Waals surface area contributed by atoms with Crippen LogP contribution in [0.15, 0.2) is 155 Å². The Bertz CT molecular complexity index is 1890. The first-order chi connectivity index (χ1) is 24.7. The van der Waals surface area contributed by atoms with Crippen LogP contribution in [0.25, 0.3) is 11.1 Å². The SMILES string of the molecule is O=C(O[C@H]1[C@@H](OCc2ccccc2)[C@H](OCc2ccccc2)[C@@H](COCc2ccccc2)O[C@@H]1Sc1nc2ccccc2o1)c1ccccc1. The molecule has 7 rings (SSSR count). The van der Waals surface area contributed by atoms with E-state index in [0.29, 0.717) is 28.5 Å². The fraction of sp³-hybridized carbons (Fsp3) is 0.220. The van der Waals surface area contributed by atoms with Crippen molar-refractivity contribution in [3.05, 3.63) is 168 Å². The van der Waals surface area contributed by atoms with E-state index in [1.54, 1.807) is 24.3 Å². The highest BCUT2D eigenvalue weighted by molar-refractivity contribution is 7.99. The third-order valence-corrected chi connectivity index (χ3v) is 9.29. The summed E-state index contributed by atoms with van der Waals surface area (Å²) in [7, 11) is 0. The lowest BCUT2D eigenvalue weighted by Crippen LogP contribution is -2.60. The normalized spacial score (nSPS) is 20.4. The van der Waals surface area contributed by atoms with Crippen LogP contribution in [-0.2, 0) is 43.5 Å². The zero-order valence-electron chi connectivity index (χ0n) is 27.3. The molecule has 0 amide bonds. The molecule has 50 heavy (non-hydrogen) atoms. The second-order valence-electron chi connectivity index (χ2n) is 11.9. The zero-order valence-corrected chi connectivity index (χ0v) is 28.1. The third-order valence-electron chi connectivity index (χ3n) is 8.30. The lowest BCUT2D eigenvalue weighted by Gasteiger charge is -2.45. The van der Waals surface area contributed by atoms with Gasteiger partial charge in [-0.1, -0.05) is 121 Å². The van der Waals surface area contributed by atoms with Gasteiger partial charge in [0.25, 0.3) is 5.22 Å².